The molecule has 0 fully saturated rings. The van der Waals surface area contributed by atoms with Crippen molar-refractivity contribution in [2.45, 2.75) is 45.6 Å². The van der Waals surface area contributed by atoms with Gasteiger partial charge >= 0.3 is 0 Å². The number of halogens is 1. The molecule has 2 rings (SSSR count). The fourth-order valence-electron chi connectivity index (χ4n) is 2.85. The van der Waals surface area contributed by atoms with Gasteiger partial charge in [0, 0.05) is 36.7 Å². The molecule has 0 bridgehead atoms. The van der Waals surface area contributed by atoms with Crippen molar-refractivity contribution < 1.29 is 9.59 Å². The molecule has 0 radical (unpaired) electrons. The van der Waals surface area contributed by atoms with Gasteiger partial charge in [0.25, 0.3) is 0 Å². The van der Waals surface area contributed by atoms with Crippen molar-refractivity contribution in [1.29, 1.82) is 0 Å². The van der Waals surface area contributed by atoms with Crippen LogP contribution in [0.1, 0.15) is 45.6 Å². The Morgan fingerprint density at radius 3 is 2.63 bits per heavy atom. The SMILES string of the molecule is CCNC(=NCC(=O)NC(C)(C)C)NCC1CC(=O)Nc2ccccc21.I. The minimum Gasteiger partial charge on any atom is -0.357 e. The first-order valence-corrected chi connectivity index (χ1v) is 9.00. The standard InChI is InChI=1S/C19H29N5O2.HI/c1-5-20-18(22-12-17(26)24-19(2,3)4)21-11-13-10-16(25)23-15-9-7-6-8-14(13)15;/h6-9,13H,5,10-12H2,1-4H3,(H,23,25)(H,24,26)(H2,20,21,22);1H. The molecule has 7 nitrogen and oxygen atoms in total. The number of nitrogens with zero attached hydrogens (tertiary/aromatic N) is 1. The highest BCUT2D eigenvalue weighted by molar-refractivity contribution is 14.0. The second-order valence-corrected chi connectivity index (χ2v) is 7.41. The van der Waals surface area contributed by atoms with Gasteiger partial charge in [-0.15, -0.1) is 24.0 Å². The fourth-order valence-corrected chi connectivity index (χ4v) is 2.85. The summed E-state index contributed by atoms with van der Waals surface area (Å²) in [4.78, 5) is 28.2. The molecule has 1 aromatic rings. The largest absolute Gasteiger partial charge is 0.357 e. The zero-order valence-electron chi connectivity index (χ0n) is 16.4. The summed E-state index contributed by atoms with van der Waals surface area (Å²) in [6.45, 7) is 9.08. The summed E-state index contributed by atoms with van der Waals surface area (Å²) in [7, 11) is 0. The Balaban J connectivity index is 0.00000364. The lowest BCUT2D eigenvalue weighted by Gasteiger charge is -2.26. The fraction of sp³-hybridized carbons (Fsp3) is 0.526. The second kappa shape index (κ2) is 10.5. The Hall–Kier alpha value is -1.84. The van der Waals surface area contributed by atoms with Gasteiger partial charge in [0.2, 0.25) is 11.8 Å². The first-order chi connectivity index (χ1) is 12.3. The normalized spacial score (nSPS) is 16.5. The Bertz CT molecular complexity index is 685. The summed E-state index contributed by atoms with van der Waals surface area (Å²) in [5.74, 6) is 0.520. The Labute approximate surface area is 178 Å². The highest BCUT2D eigenvalue weighted by atomic mass is 127. The van der Waals surface area contributed by atoms with E-state index in [1.54, 1.807) is 0 Å². The number of benzene rings is 1. The third-order valence-corrected chi connectivity index (χ3v) is 3.86. The topological polar surface area (TPSA) is 94.6 Å². The molecule has 2 amide bonds. The minimum absolute atomic E-state index is 0. The molecule has 1 aromatic carbocycles. The van der Waals surface area contributed by atoms with Crippen LogP contribution in [0.15, 0.2) is 29.3 Å². The highest BCUT2D eigenvalue weighted by Crippen LogP contribution is 2.31. The molecule has 1 aliphatic heterocycles. The lowest BCUT2D eigenvalue weighted by atomic mass is 9.90. The molecule has 0 spiro atoms. The molecule has 1 unspecified atom stereocenters. The number of aliphatic imine (C=N–C) groups is 1. The number of hydrogen-bond acceptors (Lipinski definition) is 3. The molecule has 0 saturated heterocycles. The van der Waals surface area contributed by atoms with Crippen molar-refractivity contribution >= 4 is 47.4 Å². The van der Waals surface area contributed by atoms with Crippen molar-refractivity contribution in [3.8, 4) is 0 Å². The lowest BCUT2D eigenvalue weighted by Crippen LogP contribution is -2.44. The zero-order valence-corrected chi connectivity index (χ0v) is 18.7. The molecular weight excluding hydrogens is 457 g/mol. The molecule has 0 aliphatic carbocycles. The molecule has 1 atom stereocenters. The maximum Gasteiger partial charge on any atom is 0.242 e. The van der Waals surface area contributed by atoms with Gasteiger partial charge in [-0.3, -0.25) is 9.59 Å². The number of rotatable bonds is 5. The van der Waals surface area contributed by atoms with Crippen LogP contribution in [0.2, 0.25) is 0 Å². The van der Waals surface area contributed by atoms with E-state index in [0.29, 0.717) is 25.5 Å². The summed E-state index contributed by atoms with van der Waals surface area (Å²) in [5, 5.41) is 12.2. The van der Waals surface area contributed by atoms with Gasteiger partial charge in [-0.1, -0.05) is 18.2 Å². The monoisotopic (exact) mass is 487 g/mol. The van der Waals surface area contributed by atoms with Crippen LogP contribution >= 0.6 is 24.0 Å². The number of guanidine groups is 1. The predicted octanol–water partition coefficient (Wildman–Crippen LogP) is 2.20. The number of fused-ring (bicyclic) bond motifs is 1. The first kappa shape index (κ1) is 23.2. The van der Waals surface area contributed by atoms with Gasteiger partial charge in [0.05, 0.1) is 0 Å². The maximum absolute atomic E-state index is 12.0. The van der Waals surface area contributed by atoms with Crippen LogP contribution in [0.3, 0.4) is 0 Å². The third kappa shape index (κ3) is 7.74. The summed E-state index contributed by atoms with van der Waals surface area (Å²) in [5.41, 5.74) is 1.69. The van der Waals surface area contributed by atoms with E-state index >= 15 is 0 Å². The first-order valence-electron chi connectivity index (χ1n) is 9.00. The zero-order chi connectivity index (χ0) is 19.2. The number of carbonyl (C=O) groups excluding carboxylic acids is 2. The van der Waals surface area contributed by atoms with Crippen LogP contribution in [-0.4, -0.2) is 42.9 Å². The van der Waals surface area contributed by atoms with E-state index in [-0.39, 0.29) is 53.8 Å². The maximum atomic E-state index is 12.0. The molecule has 27 heavy (non-hydrogen) atoms. The van der Waals surface area contributed by atoms with Gasteiger partial charge in [-0.25, -0.2) is 4.99 Å². The number of hydrogen-bond donors (Lipinski definition) is 4. The molecule has 0 saturated carbocycles. The van der Waals surface area contributed by atoms with Crippen LogP contribution in [-0.2, 0) is 9.59 Å². The Morgan fingerprint density at radius 2 is 1.96 bits per heavy atom. The number of anilines is 1. The quantitative estimate of drug-likeness (QED) is 0.291. The second-order valence-electron chi connectivity index (χ2n) is 7.41. The average molecular weight is 487 g/mol. The van der Waals surface area contributed by atoms with E-state index in [1.165, 1.54) is 0 Å². The van der Waals surface area contributed by atoms with Crippen molar-refractivity contribution in [2.24, 2.45) is 4.99 Å². The smallest absolute Gasteiger partial charge is 0.242 e. The summed E-state index contributed by atoms with van der Waals surface area (Å²) >= 11 is 0. The molecule has 4 N–H and O–H groups in total. The average Bonchev–Trinajstić information content (AvgIpc) is 2.55. The number of nitrogens with one attached hydrogen (secondary N) is 4. The van der Waals surface area contributed by atoms with Crippen LogP contribution < -0.4 is 21.3 Å². The van der Waals surface area contributed by atoms with E-state index < -0.39 is 0 Å². The summed E-state index contributed by atoms with van der Waals surface area (Å²) in [6.07, 6.45) is 0.425. The molecule has 150 valence electrons. The van der Waals surface area contributed by atoms with Crippen LogP contribution in [0.25, 0.3) is 0 Å². The molecule has 1 heterocycles. The predicted molar refractivity (Wildman–Crippen MR) is 120 cm³/mol. The summed E-state index contributed by atoms with van der Waals surface area (Å²) in [6, 6.07) is 7.82. The van der Waals surface area contributed by atoms with Gasteiger partial charge in [0.1, 0.15) is 6.54 Å². The van der Waals surface area contributed by atoms with Crippen LogP contribution in [0.4, 0.5) is 5.69 Å². The van der Waals surface area contributed by atoms with Crippen molar-refractivity contribution in [3.05, 3.63) is 29.8 Å². The van der Waals surface area contributed by atoms with Crippen LogP contribution in [0, 0.1) is 0 Å². The summed E-state index contributed by atoms with van der Waals surface area (Å²) < 4.78 is 0. The van der Waals surface area contributed by atoms with Crippen molar-refractivity contribution in [1.82, 2.24) is 16.0 Å². The molecule has 1 aliphatic rings. The molecular formula is C19H30IN5O2. The van der Waals surface area contributed by atoms with Crippen LogP contribution in [0.5, 0.6) is 0 Å². The van der Waals surface area contributed by atoms with Gasteiger partial charge < -0.3 is 21.3 Å². The third-order valence-electron chi connectivity index (χ3n) is 3.86. The van der Waals surface area contributed by atoms with Crippen molar-refractivity contribution in [3.63, 3.8) is 0 Å². The Kier molecular flexibility index (Phi) is 9.01. The van der Waals surface area contributed by atoms with Gasteiger partial charge in [-0.05, 0) is 39.3 Å². The van der Waals surface area contributed by atoms with E-state index in [9.17, 15) is 9.59 Å². The van der Waals surface area contributed by atoms with Crippen molar-refractivity contribution in [2.75, 3.05) is 25.0 Å². The van der Waals surface area contributed by atoms with E-state index in [2.05, 4.69) is 26.3 Å². The number of carbonyl (C=O) groups is 2. The van der Waals surface area contributed by atoms with Gasteiger partial charge in [-0.2, -0.15) is 0 Å². The number of para-hydroxylation sites is 1. The minimum atomic E-state index is -0.280. The van der Waals surface area contributed by atoms with Gasteiger partial charge in [0.15, 0.2) is 5.96 Å². The van der Waals surface area contributed by atoms with E-state index in [4.69, 9.17) is 0 Å². The highest BCUT2D eigenvalue weighted by Gasteiger charge is 2.24. The number of amides is 2. The van der Waals surface area contributed by atoms with E-state index in [0.717, 1.165) is 11.3 Å². The Morgan fingerprint density at radius 1 is 1.26 bits per heavy atom. The van der Waals surface area contributed by atoms with E-state index in [1.807, 2.05) is 52.0 Å². The molecule has 0 aromatic heterocycles. The molecule has 8 heteroatoms. The lowest BCUT2D eigenvalue weighted by molar-refractivity contribution is -0.121.